The zero-order chi connectivity index (χ0) is 12.8. The molecule has 0 radical (unpaired) electrons. The van der Waals surface area contributed by atoms with Gasteiger partial charge in [0.05, 0.1) is 11.3 Å². The summed E-state index contributed by atoms with van der Waals surface area (Å²) in [6.07, 6.45) is 2.74. The summed E-state index contributed by atoms with van der Waals surface area (Å²) in [7, 11) is 2.02. The first kappa shape index (κ1) is 13.6. The van der Waals surface area contributed by atoms with Crippen molar-refractivity contribution in [1.82, 2.24) is 15.3 Å². The fourth-order valence-electron chi connectivity index (χ4n) is 1.55. The van der Waals surface area contributed by atoms with Crippen molar-refractivity contribution in [3.8, 4) is 0 Å². The van der Waals surface area contributed by atoms with Crippen LogP contribution >= 0.6 is 0 Å². The fourth-order valence-corrected chi connectivity index (χ4v) is 1.55. The van der Waals surface area contributed by atoms with E-state index in [2.05, 4.69) is 29.2 Å². The molecule has 1 rings (SSSR count). The maximum Gasteiger partial charge on any atom is 0.267 e. The van der Waals surface area contributed by atoms with Gasteiger partial charge in [0.15, 0.2) is 0 Å². The summed E-state index contributed by atoms with van der Waals surface area (Å²) < 4.78 is 0. The average molecular weight is 236 g/mol. The monoisotopic (exact) mass is 236 g/mol. The van der Waals surface area contributed by atoms with Crippen LogP contribution in [0.3, 0.4) is 0 Å². The summed E-state index contributed by atoms with van der Waals surface area (Å²) in [5, 5.41) is 0. The zero-order valence-corrected chi connectivity index (χ0v) is 10.6. The number of amides is 1. The Morgan fingerprint density at radius 2 is 2.35 bits per heavy atom. The van der Waals surface area contributed by atoms with E-state index >= 15 is 0 Å². The van der Waals surface area contributed by atoms with E-state index in [-0.39, 0.29) is 5.91 Å². The summed E-state index contributed by atoms with van der Waals surface area (Å²) in [6.45, 7) is 4.91. The Labute approximate surface area is 102 Å². The molecule has 0 saturated carbocycles. The quantitative estimate of drug-likeness (QED) is 0.453. The summed E-state index contributed by atoms with van der Waals surface area (Å²) in [5.74, 6) is 4.85. The minimum Gasteiger partial charge on any atom is -0.298 e. The molecule has 1 aromatic heterocycles. The predicted octanol–water partition coefficient (Wildman–Crippen LogP) is 0.915. The van der Waals surface area contributed by atoms with Crippen LogP contribution in [0.2, 0.25) is 0 Å². The van der Waals surface area contributed by atoms with Crippen LogP contribution in [0.4, 0.5) is 0 Å². The molecule has 3 N–H and O–H groups in total. The van der Waals surface area contributed by atoms with Crippen molar-refractivity contribution in [2.45, 2.75) is 32.9 Å². The van der Waals surface area contributed by atoms with E-state index in [1.54, 1.807) is 18.3 Å². The normalized spacial score (nSPS) is 12.5. The smallest absolute Gasteiger partial charge is 0.267 e. The molecule has 17 heavy (non-hydrogen) atoms. The fraction of sp³-hybridized carbons (Fsp3) is 0.500. The molecule has 5 heteroatoms. The van der Waals surface area contributed by atoms with Crippen molar-refractivity contribution in [1.29, 1.82) is 0 Å². The third-order valence-electron chi connectivity index (χ3n) is 3.01. The highest BCUT2D eigenvalue weighted by molar-refractivity contribution is 5.94. The largest absolute Gasteiger partial charge is 0.298 e. The van der Waals surface area contributed by atoms with E-state index in [0.29, 0.717) is 18.2 Å². The molecule has 0 aliphatic carbocycles. The molecule has 1 heterocycles. The molecule has 5 nitrogen and oxygen atoms in total. The summed E-state index contributed by atoms with van der Waals surface area (Å²) in [4.78, 5) is 18.0. The Morgan fingerprint density at radius 1 is 1.65 bits per heavy atom. The third-order valence-corrected chi connectivity index (χ3v) is 3.01. The van der Waals surface area contributed by atoms with Gasteiger partial charge in [0.1, 0.15) is 0 Å². The lowest BCUT2D eigenvalue weighted by Gasteiger charge is -2.23. The van der Waals surface area contributed by atoms with Crippen molar-refractivity contribution in [2.75, 3.05) is 7.05 Å². The third kappa shape index (κ3) is 3.51. The first-order valence-corrected chi connectivity index (χ1v) is 5.75. The lowest BCUT2D eigenvalue weighted by Crippen LogP contribution is -2.33. The van der Waals surface area contributed by atoms with Gasteiger partial charge in [-0.15, -0.1) is 0 Å². The van der Waals surface area contributed by atoms with Crippen LogP contribution in [-0.4, -0.2) is 28.9 Å². The van der Waals surface area contributed by atoms with Crippen molar-refractivity contribution in [3.05, 3.63) is 29.6 Å². The number of nitrogens with two attached hydrogens (primary N) is 1. The van der Waals surface area contributed by atoms with Gasteiger partial charge in [0.25, 0.3) is 5.91 Å². The maximum atomic E-state index is 11.6. The van der Waals surface area contributed by atoms with E-state index in [1.165, 1.54) is 0 Å². The van der Waals surface area contributed by atoms with Gasteiger partial charge in [-0.25, -0.2) is 5.84 Å². The van der Waals surface area contributed by atoms with Gasteiger partial charge >= 0.3 is 0 Å². The highest BCUT2D eigenvalue weighted by Gasteiger charge is 2.14. The Kier molecular flexibility index (Phi) is 5.06. The molecule has 1 unspecified atom stereocenters. The molecule has 0 saturated heterocycles. The van der Waals surface area contributed by atoms with Crippen molar-refractivity contribution in [2.24, 2.45) is 5.84 Å². The molecule has 1 aromatic rings. The van der Waals surface area contributed by atoms with Crippen molar-refractivity contribution < 1.29 is 4.79 Å². The SMILES string of the molecule is CCC(C)N(C)Cc1ncccc1C(=O)NN. The molecule has 1 atom stereocenters. The van der Waals surface area contributed by atoms with Gasteiger partial charge in [0, 0.05) is 18.8 Å². The number of carbonyl (C=O) groups excluding carboxylic acids is 1. The number of pyridine rings is 1. The van der Waals surface area contributed by atoms with Gasteiger partial charge in [-0.05, 0) is 32.5 Å². The molecule has 0 fully saturated rings. The second kappa shape index (κ2) is 6.32. The average Bonchev–Trinajstić information content (AvgIpc) is 2.37. The van der Waals surface area contributed by atoms with E-state index in [4.69, 9.17) is 5.84 Å². The Hall–Kier alpha value is -1.46. The first-order chi connectivity index (χ1) is 8.10. The predicted molar refractivity (Wildman–Crippen MR) is 67.1 cm³/mol. The Morgan fingerprint density at radius 3 is 2.94 bits per heavy atom. The topological polar surface area (TPSA) is 71.2 Å². The molecule has 0 bridgehead atoms. The number of rotatable bonds is 5. The molecule has 0 aromatic carbocycles. The van der Waals surface area contributed by atoms with E-state index in [9.17, 15) is 4.79 Å². The van der Waals surface area contributed by atoms with E-state index in [0.717, 1.165) is 12.1 Å². The van der Waals surface area contributed by atoms with Crippen LogP contribution in [0.25, 0.3) is 0 Å². The standard InChI is InChI=1S/C12H20N4O/c1-4-9(2)16(3)8-11-10(12(17)15-13)6-5-7-14-11/h5-7,9H,4,8,13H2,1-3H3,(H,15,17). The summed E-state index contributed by atoms with van der Waals surface area (Å²) >= 11 is 0. The zero-order valence-electron chi connectivity index (χ0n) is 10.6. The van der Waals surface area contributed by atoms with E-state index in [1.807, 2.05) is 7.05 Å². The number of nitrogen functional groups attached to an aromatic ring is 1. The highest BCUT2D eigenvalue weighted by atomic mass is 16.2. The number of nitrogens with zero attached hydrogens (tertiary/aromatic N) is 2. The highest BCUT2D eigenvalue weighted by Crippen LogP contribution is 2.10. The van der Waals surface area contributed by atoms with Crippen LogP contribution in [0.15, 0.2) is 18.3 Å². The van der Waals surface area contributed by atoms with Crippen LogP contribution in [0, 0.1) is 0 Å². The minimum absolute atomic E-state index is 0.300. The first-order valence-electron chi connectivity index (χ1n) is 5.75. The Balaban J connectivity index is 2.87. The molecular formula is C12H20N4O. The van der Waals surface area contributed by atoms with Gasteiger partial charge in [-0.2, -0.15) is 0 Å². The van der Waals surface area contributed by atoms with Crippen molar-refractivity contribution >= 4 is 5.91 Å². The van der Waals surface area contributed by atoms with Crippen LogP contribution in [-0.2, 0) is 6.54 Å². The number of hydrazine groups is 1. The lowest BCUT2D eigenvalue weighted by atomic mass is 10.1. The molecular weight excluding hydrogens is 216 g/mol. The Bertz CT molecular complexity index is 381. The molecule has 1 amide bonds. The summed E-state index contributed by atoms with van der Waals surface area (Å²) in [6, 6.07) is 3.91. The van der Waals surface area contributed by atoms with E-state index < -0.39 is 0 Å². The maximum absolute atomic E-state index is 11.6. The summed E-state index contributed by atoms with van der Waals surface area (Å²) in [5.41, 5.74) is 3.42. The number of nitrogens with one attached hydrogen (secondary N) is 1. The molecule has 0 aliphatic rings. The molecule has 0 spiro atoms. The van der Waals surface area contributed by atoms with Gasteiger partial charge < -0.3 is 0 Å². The van der Waals surface area contributed by atoms with Gasteiger partial charge in [-0.1, -0.05) is 6.92 Å². The van der Waals surface area contributed by atoms with Crippen LogP contribution < -0.4 is 11.3 Å². The second-order valence-electron chi connectivity index (χ2n) is 4.14. The van der Waals surface area contributed by atoms with Crippen molar-refractivity contribution in [3.63, 3.8) is 0 Å². The van der Waals surface area contributed by atoms with Crippen LogP contribution in [0.5, 0.6) is 0 Å². The van der Waals surface area contributed by atoms with Crippen LogP contribution in [0.1, 0.15) is 36.3 Å². The number of hydrogen-bond donors (Lipinski definition) is 2. The van der Waals surface area contributed by atoms with Gasteiger partial charge in [-0.3, -0.25) is 20.1 Å². The molecule has 94 valence electrons. The number of hydrogen-bond acceptors (Lipinski definition) is 4. The minimum atomic E-state index is -0.300. The number of carbonyl (C=O) groups is 1. The number of aromatic nitrogens is 1. The second-order valence-corrected chi connectivity index (χ2v) is 4.14. The molecule has 0 aliphatic heterocycles. The van der Waals surface area contributed by atoms with Gasteiger partial charge in [0.2, 0.25) is 0 Å². The lowest BCUT2D eigenvalue weighted by molar-refractivity contribution is 0.0950.